The lowest BCUT2D eigenvalue weighted by atomic mass is 10.3. The van der Waals surface area contributed by atoms with Crippen molar-refractivity contribution in [1.82, 2.24) is 14.5 Å². The maximum atomic E-state index is 5.20. The molecule has 0 unspecified atom stereocenters. The molecule has 1 rings (SSSR count). The molecule has 0 aliphatic carbocycles. The van der Waals surface area contributed by atoms with Crippen molar-refractivity contribution in [1.29, 1.82) is 0 Å². The quantitative estimate of drug-likeness (QED) is 0.755. The van der Waals surface area contributed by atoms with E-state index in [1.165, 1.54) is 0 Å². The van der Waals surface area contributed by atoms with E-state index in [2.05, 4.69) is 34.5 Å². The zero-order chi connectivity index (χ0) is 11.3. The lowest BCUT2D eigenvalue weighted by molar-refractivity contribution is 0.293. The second kappa shape index (κ2) is 6.08. The molecule has 0 amide bonds. The fourth-order valence-electron chi connectivity index (χ4n) is 1.74. The van der Waals surface area contributed by atoms with E-state index >= 15 is 0 Å². The van der Waals surface area contributed by atoms with Gasteiger partial charge in [-0.25, -0.2) is 0 Å². The van der Waals surface area contributed by atoms with E-state index in [-0.39, 0.29) is 0 Å². The van der Waals surface area contributed by atoms with Gasteiger partial charge in [-0.1, -0.05) is 13.8 Å². The highest BCUT2D eigenvalue weighted by molar-refractivity contribution is 7.71. The molecule has 15 heavy (non-hydrogen) atoms. The van der Waals surface area contributed by atoms with Gasteiger partial charge in [0.1, 0.15) is 0 Å². The van der Waals surface area contributed by atoms with Gasteiger partial charge in [0.25, 0.3) is 0 Å². The smallest absolute Gasteiger partial charge is 0.177 e. The lowest BCUT2D eigenvalue weighted by Gasteiger charge is -2.17. The van der Waals surface area contributed by atoms with E-state index in [0.717, 1.165) is 43.1 Å². The highest BCUT2D eigenvalue weighted by Crippen LogP contribution is 2.00. The first-order valence-corrected chi connectivity index (χ1v) is 6.06. The first-order valence-electron chi connectivity index (χ1n) is 5.65. The van der Waals surface area contributed by atoms with Gasteiger partial charge >= 0.3 is 0 Å². The van der Waals surface area contributed by atoms with Crippen LogP contribution in [-0.2, 0) is 6.54 Å². The highest BCUT2D eigenvalue weighted by Gasteiger charge is 2.00. The summed E-state index contributed by atoms with van der Waals surface area (Å²) < 4.78 is 2.96. The largest absolute Gasteiger partial charge is 0.335 e. The second-order valence-corrected chi connectivity index (χ2v) is 4.20. The van der Waals surface area contributed by atoms with Crippen LogP contribution in [0.5, 0.6) is 0 Å². The van der Waals surface area contributed by atoms with E-state index in [9.17, 15) is 0 Å². The molecule has 0 atom stereocenters. The maximum absolute atomic E-state index is 5.20. The number of imidazole rings is 1. The summed E-state index contributed by atoms with van der Waals surface area (Å²) >= 11 is 5.20. The summed E-state index contributed by atoms with van der Waals surface area (Å²) in [7, 11) is 0. The molecule has 0 fully saturated rings. The summed E-state index contributed by atoms with van der Waals surface area (Å²) in [6.45, 7) is 10.9. The molecule has 3 nitrogen and oxygen atoms in total. The SMILES string of the molecule is CCN(CC)CCCn1cc(C)[nH]c1=S. The van der Waals surface area contributed by atoms with Crippen LogP contribution in [0.3, 0.4) is 0 Å². The number of aryl methyl sites for hydroxylation is 2. The van der Waals surface area contributed by atoms with Gasteiger partial charge in [-0.05, 0) is 45.2 Å². The number of hydrogen-bond donors (Lipinski definition) is 1. The van der Waals surface area contributed by atoms with Crippen molar-refractivity contribution in [2.75, 3.05) is 19.6 Å². The Hall–Kier alpha value is -0.610. The molecular weight excluding hydrogens is 206 g/mol. The van der Waals surface area contributed by atoms with E-state index in [1.807, 2.05) is 6.92 Å². The summed E-state index contributed by atoms with van der Waals surface area (Å²) in [5.41, 5.74) is 1.14. The van der Waals surface area contributed by atoms with Crippen LogP contribution >= 0.6 is 12.2 Å². The zero-order valence-electron chi connectivity index (χ0n) is 9.92. The van der Waals surface area contributed by atoms with Gasteiger partial charge < -0.3 is 14.5 Å². The van der Waals surface area contributed by atoms with Crippen LogP contribution in [-0.4, -0.2) is 34.1 Å². The molecule has 1 heterocycles. The molecular formula is C11H21N3S. The third kappa shape index (κ3) is 3.80. The summed E-state index contributed by atoms with van der Waals surface area (Å²) in [6.07, 6.45) is 3.25. The Kier molecular flexibility index (Phi) is 5.05. The minimum Gasteiger partial charge on any atom is -0.335 e. The fraction of sp³-hybridized carbons (Fsp3) is 0.727. The van der Waals surface area contributed by atoms with Crippen LogP contribution in [0.2, 0.25) is 0 Å². The molecule has 0 aliphatic heterocycles. The van der Waals surface area contributed by atoms with Gasteiger partial charge in [-0.15, -0.1) is 0 Å². The minimum atomic E-state index is 0.840. The molecule has 0 aromatic carbocycles. The molecule has 1 aromatic heterocycles. The zero-order valence-corrected chi connectivity index (χ0v) is 10.7. The molecule has 1 aromatic rings. The number of nitrogens with one attached hydrogen (secondary N) is 1. The Balaban J connectivity index is 2.37. The second-order valence-electron chi connectivity index (χ2n) is 3.82. The van der Waals surface area contributed by atoms with E-state index in [0.29, 0.717) is 0 Å². The highest BCUT2D eigenvalue weighted by atomic mass is 32.1. The minimum absolute atomic E-state index is 0.840. The maximum Gasteiger partial charge on any atom is 0.177 e. The van der Waals surface area contributed by atoms with Crippen molar-refractivity contribution < 1.29 is 0 Å². The fourth-order valence-corrected chi connectivity index (χ4v) is 2.04. The number of nitrogens with zero attached hydrogens (tertiary/aromatic N) is 2. The van der Waals surface area contributed by atoms with Crippen LogP contribution in [0.15, 0.2) is 6.20 Å². The van der Waals surface area contributed by atoms with Crippen molar-refractivity contribution in [2.45, 2.75) is 33.7 Å². The predicted octanol–water partition coefficient (Wildman–Crippen LogP) is 2.59. The van der Waals surface area contributed by atoms with Crippen molar-refractivity contribution in [3.05, 3.63) is 16.7 Å². The van der Waals surface area contributed by atoms with E-state index in [4.69, 9.17) is 12.2 Å². The van der Waals surface area contributed by atoms with Gasteiger partial charge in [-0.2, -0.15) is 0 Å². The first-order chi connectivity index (χ1) is 7.17. The summed E-state index contributed by atoms with van der Waals surface area (Å²) in [4.78, 5) is 5.57. The molecule has 0 aliphatic rings. The summed E-state index contributed by atoms with van der Waals surface area (Å²) in [5.74, 6) is 0. The van der Waals surface area contributed by atoms with Crippen LogP contribution < -0.4 is 0 Å². The number of H-pyrrole nitrogens is 1. The monoisotopic (exact) mass is 227 g/mol. The van der Waals surface area contributed by atoms with Crippen molar-refractivity contribution in [3.8, 4) is 0 Å². The van der Waals surface area contributed by atoms with Crippen LogP contribution in [0, 0.1) is 11.7 Å². The number of aromatic amines is 1. The molecule has 0 spiro atoms. The van der Waals surface area contributed by atoms with Gasteiger partial charge in [0.15, 0.2) is 4.77 Å². The van der Waals surface area contributed by atoms with Gasteiger partial charge in [0, 0.05) is 18.4 Å². The van der Waals surface area contributed by atoms with Gasteiger partial charge in [0.05, 0.1) is 0 Å². The third-order valence-electron chi connectivity index (χ3n) is 2.68. The Morgan fingerprint density at radius 1 is 1.40 bits per heavy atom. The Labute approximate surface area is 97.1 Å². The summed E-state index contributed by atoms with van der Waals surface area (Å²) in [5, 5.41) is 0. The van der Waals surface area contributed by atoms with Crippen LogP contribution in [0.4, 0.5) is 0 Å². The Morgan fingerprint density at radius 2 is 2.07 bits per heavy atom. The van der Waals surface area contributed by atoms with Crippen molar-refractivity contribution in [3.63, 3.8) is 0 Å². The Bertz CT molecular complexity index is 336. The van der Waals surface area contributed by atoms with E-state index in [1.54, 1.807) is 0 Å². The normalized spacial score (nSPS) is 11.2. The molecule has 1 N–H and O–H groups in total. The van der Waals surface area contributed by atoms with Crippen molar-refractivity contribution in [2.24, 2.45) is 0 Å². The molecule has 86 valence electrons. The van der Waals surface area contributed by atoms with Crippen LogP contribution in [0.1, 0.15) is 26.0 Å². The van der Waals surface area contributed by atoms with Crippen molar-refractivity contribution >= 4 is 12.2 Å². The molecule has 0 saturated heterocycles. The number of rotatable bonds is 6. The lowest BCUT2D eigenvalue weighted by Crippen LogP contribution is -2.24. The topological polar surface area (TPSA) is 24.0 Å². The Morgan fingerprint density at radius 3 is 2.53 bits per heavy atom. The molecule has 0 radical (unpaired) electrons. The summed E-state index contributed by atoms with van der Waals surface area (Å²) in [6, 6.07) is 0. The predicted molar refractivity (Wildman–Crippen MR) is 66.8 cm³/mol. The average Bonchev–Trinajstić information content (AvgIpc) is 2.52. The number of aromatic nitrogens is 2. The first kappa shape index (κ1) is 12.5. The average molecular weight is 227 g/mol. The van der Waals surface area contributed by atoms with E-state index < -0.39 is 0 Å². The standard InChI is InChI=1S/C11H21N3S/c1-4-13(5-2)7-6-8-14-9-10(3)12-11(14)15/h9H,4-8H2,1-3H3,(H,12,15). The number of hydrogen-bond acceptors (Lipinski definition) is 2. The van der Waals surface area contributed by atoms with Gasteiger partial charge in [-0.3, -0.25) is 0 Å². The van der Waals surface area contributed by atoms with Crippen LogP contribution in [0.25, 0.3) is 0 Å². The third-order valence-corrected chi connectivity index (χ3v) is 3.02. The van der Waals surface area contributed by atoms with Gasteiger partial charge in [0.2, 0.25) is 0 Å². The molecule has 0 bridgehead atoms. The molecule has 0 saturated carbocycles. The molecule has 4 heteroatoms.